The molecular weight excluding hydrogens is 180 g/mol. The number of nitrogens with zero attached hydrogens (tertiary/aromatic N) is 1. The lowest BCUT2D eigenvalue weighted by Crippen LogP contribution is -1.98. The third-order valence-corrected chi connectivity index (χ3v) is 1.75. The lowest BCUT2D eigenvalue weighted by Gasteiger charge is -2.05. The van der Waals surface area contributed by atoms with Gasteiger partial charge in [0.25, 0.3) is 0 Å². The van der Waals surface area contributed by atoms with Gasteiger partial charge in [-0.25, -0.2) is 4.98 Å². The van der Waals surface area contributed by atoms with Crippen molar-refractivity contribution < 1.29 is 9.15 Å². The number of hydrogen-bond acceptors (Lipinski definition) is 4. The number of anilines is 1. The Morgan fingerprint density at radius 1 is 1.36 bits per heavy atom. The van der Waals surface area contributed by atoms with E-state index in [9.17, 15) is 0 Å². The molecule has 0 bridgehead atoms. The number of oxazole rings is 1. The zero-order valence-electron chi connectivity index (χ0n) is 7.51. The predicted molar refractivity (Wildman–Crippen MR) is 51.7 cm³/mol. The second-order valence-electron chi connectivity index (χ2n) is 2.75. The molecule has 0 radical (unpaired) electrons. The molecule has 1 heterocycles. The first-order valence-electron chi connectivity index (χ1n) is 4.22. The number of hydrogen-bond donors (Lipinski definition) is 1. The van der Waals surface area contributed by atoms with E-state index in [1.54, 1.807) is 18.3 Å². The Balaban J connectivity index is 2.02. The van der Waals surface area contributed by atoms with Crippen LogP contribution in [-0.4, -0.2) is 4.98 Å². The van der Waals surface area contributed by atoms with Crippen LogP contribution in [0.25, 0.3) is 0 Å². The Morgan fingerprint density at radius 2 is 2.21 bits per heavy atom. The first-order chi connectivity index (χ1) is 6.86. The van der Waals surface area contributed by atoms with Crippen molar-refractivity contribution >= 4 is 5.69 Å². The van der Waals surface area contributed by atoms with E-state index in [0.29, 0.717) is 23.9 Å². The maximum Gasteiger partial charge on any atom is 0.232 e. The summed E-state index contributed by atoms with van der Waals surface area (Å²) in [5, 5.41) is 0. The highest BCUT2D eigenvalue weighted by molar-refractivity contribution is 5.51. The van der Waals surface area contributed by atoms with E-state index in [0.717, 1.165) is 0 Å². The SMILES string of the molecule is Nc1ccccc1OCc1ncco1. The summed E-state index contributed by atoms with van der Waals surface area (Å²) < 4.78 is 10.4. The molecule has 2 rings (SSSR count). The summed E-state index contributed by atoms with van der Waals surface area (Å²) in [6, 6.07) is 7.30. The summed E-state index contributed by atoms with van der Waals surface area (Å²) in [5.74, 6) is 1.18. The number of aromatic nitrogens is 1. The van der Waals surface area contributed by atoms with E-state index in [1.165, 1.54) is 6.26 Å². The number of nitrogen functional groups attached to an aromatic ring is 1. The summed E-state index contributed by atoms with van der Waals surface area (Å²) in [4.78, 5) is 3.93. The molecule has 0 fully saturated rings. The van der Waals surface area contributed by atoms with Gasteiger partial charge in [-0.2, -0.15) is 0 Å². The Bertz CT molecular complexity index is 398. The second kappa shape index (κ2) is 3.83. The van der Waals surface area contributed by atoms with E-state index in [4.69, 9.17) is 14.9 Å². The molecule has 0 aliphatic heterocycles. The largest absolute Gasteiger partial charge is 0.482 e. The molecule has 1 aromatic carbocycles. The summed E-state index contributed by atoms with van der Waals surface area (Å²) in [5.41, 5.74) is 6.29. The molecule has 4 heteroatoms. The van der Waals surface area contributed by atoms with Gasteiger partial charge < -0.3 is 14.9 Å². The van der Waals surface area contributed by atoms with Crippen LogP contribution in [0.4, 0.5) is 5.69 Å². The van der Waals surface area contributed by atoms with Crippen molar-refractivity contribution in [2.24, 2.45) is 0 Å². The summed E-state index contributed by atoms with van der Waals surface area (Å²) in [6.45, 7) is 0.293. The fourth-order valence-electron chi connectivity index (χ4n) is 1.08. The molecule has 0 amide bonds. The molecule has 72 valence electrons. The molecule has 1 aromatic heterocycles. The lowest BCUT2D eigenvalue weighted by molar-refractivity contribution is 0.264. The van der Waals surface area contributed by atoms with Crippen LogP contribution in [0.1, 0.15) is 5.89 Å². The van der Waals surface area contributed by atoms with Crippen LogP contribution in [-0.2, 0) is 6.61 Å². The zero-order valence-corrected chi connectivity index (χ0v) is 7.51. The molecule has 4 nitrogen and oxygen atoms in total. The fourth-order valence-corrected chi connectivity index (χ4v) is 1.08. The highest BCUT2D eigenvalue weighted by atomic mass is 16.5. The van der Waals surface area contributed by atoms with Crippen molar-refractivity contribution in [3.05, 3.63) is 42.6 Å². The monoisotopic (exact) mass is 190 g/mol. The maximum atomic E-state index is 5.68. The van der Waals surface area contributed by atoms with Gasteiger partial charge in [0.1, 0.15) is 12.0 Å². The Labute approximate surface area is 81.3 Å². The molecule has 0 atom stereocenters. The molecule has 0 saturated heterocycles. The van der Waals surface area contributed by atoms with E-state index in [-0.39, 0.29) is 0 Å². The van der Waals surface area contributed by atoms with Crippen LogP contribution in [0.3, 0.4) is 0 Å². The van der Waals surface area contributed by atoms with E-state index >= 15 is 0 Å². The van der Waals surface area contributed by atoms with Crippen LogP contribution in [0.15, 0.2) is 41.1 Å². The molecule has 0 spiro atoms. The minimum absolute atomic E-state index is 0.293. The molecule has 0 aliphatic rings. The van der Waals surface area contributed by atoms with Gasteiger partial charge in [-0.3, -0.25) is 0 Å². The molecule has 14 heavy (non-hydrogen) atoms. The second-order valence-corrected chi connectivity index (χ2v) is 2.75. The summed E-state index contributed by atoms with van der Waals surface area (Å²) >= 11 is 0. The molecule has 0 saturated carbocycles. The maximum absolute atomic E-state index is 5.68. The molecule has 0 unspecified atom stereocenters. The quantitative estimate of drug-likeness (QED) is 0.750. The van der Waals surface area contributed by atoms with Crippen molar-refractivity contribution in [3.8, 4) is 5.75 Å². The van der Waals surface area contributed by atoms with Gasteiger partial charge in [-0.15, -0.1) is 0 Å². The van der Waals surface area contributed by atoms with Crippen LogP contribution in [0.5, 0.6) is 5.75 Å². The van der Waals surface area contributed by atoms with Gasteiger partial charge >= 0.3 is 0 Å². The number of ether oxygens (including phenoxy) is 1. The van der Waals surface area contributed by atoms with Crippen molar-refractivity contribution in [2.45, 2.75) is 6.61 Å². The first-order valence-corrected chi connectivity index (χ1v) is 4.22. The summed E-state index contributed by atoms with van der Waals surface area (Å²) in [7, 11) is 0. The van der Waals surface area contributed by atoms with Crippen LogP contribution >= 0.6 is 0 Å². The van der Waals surface area contributed by atoms with Crippen molar-refractivity contribution in [1.82, 2.24) is 4.98 Å². The highest BCUT2D eigenvalue weighted by Crippen LogP contribution is 2.20. The van der Waals surface area contributed by atoms with Gasteiger partial charge in [0.15, 0.2) is 6.61 Å². The average Bonchev–Trinajstić information content (AvgIpc) is 2.69. The van der Waals surface area contributed by atoms with Gasteiger partial charge in [-0.05, 0) is 12.1 Å². The third kappa shape index (κ3) is 1.85. The van der Waals surface area contributed by atoms with Crippen molar-refractivity contribution in [3.63, 3.8) is 0 Å². The van der Waals surface area contributed by atoms with Crippen LogP contribution < -0.4 is 10.5 Å². The molecule has 2 aromatic rings. The van der Waals surface area contributed by atoms with Gasteiger partial charge in [-0.1, -0.05) is 12.1 Å². The first kappa shape index (κ1) is 8.62. The third-order valence-electron chi connectivity index (χ3n) is 1.75. The average molecular weight is 190 g/mol. The van der Waals surface area contributed by atoms with E-state index in [1.807, 2.05) is 12.1 Å². The minimum atomic E-state index is 0.293. The number of nitrogens with two attached hydrogens (primary N) is 1. The van der Waals surface area contributed by atoms with Crippen molar-refractivity contribution in [1.29, 1.82) is 0 Å². The van der Waals surface area contributed by atoms with Gasteiger partial charge in [0.2, 0.25) is 5.89 Å². The Morgan fingerprint density at radius 3 is 2.93 bits per heavy atom. The van der Waals surface area contributed by atoms with Gasteiger partial charge in [0, 0.05) is 0 Å². The number of para-hydroxylation sites is 2. The topological polar surface area (TPSA) is 61.3 Å². The Kier molecular flexibility index (Phi) is 2.36. The van der Waals surface area contributed by atoms with Gasteiger partial charge in [0.05, 0.1) is 11.9 Å². The minimum Gasteiger partial charge on any atom is -0.482 e. The Hall–Kier alpha value is -1.97. The van der Waals surface area contributed by atoms with Crippen LogP contribution in [0, 0.1) is 0 Å². The molecular formula is C10H10N2O2. The smallest absolute Gasteiger partial charge is 0.232 e. The van der Waals surface area contributed by atoms with E-state index in [2.05, 4.69) is 4.98 Å². The standard InChI is InChI=1S/C10H10N2O2/c11-8-3-1-2-4-9(8)14-7-10-12-5-6-13-10/h1-6H,7,11H2. The van der Waals surface area contributed by atoms with E-state index < -0.39 is 0 Å². The highest BCUT2D eigenvalue weighted by Gasteiger charge is 2.01. The van der Waals surface area contributed by atoms with Crippen LogP contribution in [0.2, 0.25) is 0 Å². The zero-order chi connectivity index (χ0) is 9.80. The number of rotatable bonds is 3. The lowest BCUT2D eigenvalue weighted by atomic mass is 10.3. The van der Waals surface area contributed by atoms with Crippen molar-refractivity contribution in [2.75, 3.05) is 5.73 Å². The predicted octanol–water partition coefficient (Wildman–Crippen LogP) is 1.84. The normalized spacial score (nSPS) is 10.0. The molecule has 0 aliphatic carbocycles. The molecule has 2 N–H and O–H groups in total. The fraction of sp³-hybridized carbons (Fsp3) is 0.100. The number of benzene rings is 1. The summed E-state index contributed by atoms with van der Waals surface area (Å²) in [6.07, 6.45) is 3.08.